The molecule has 0 N–H and O–H groups in total. The van der Waals surface area contributed by atoms with Crippen molar-refractivity contribution in [3.05, 3.63) is 340 Å². The summed E-state index contributed by atoms with van der Waals surface area (Å²) in [6, 6.07) is 63.1. The molecule has 0 bridgehead atoms. The summed E-state index contributed by atoms with van der Waals surface area (Å²) in [6.07, 6.45) is 17.8. The van der Waals surface area contributed by atoms with Crippen molar-refractivity contribution in [1.29, 1.82) is 0 Å². The molecular formula is C105H96O12. The predicted octanol–water partition coefficient (Wildman–Crippen LogP) is 22.8. The number of carbonyl (C=O) groups is 8. The molecule has 12 aliphatic rings. The molecule has 20 rings (SSSR count). The monoisotopic (exact) mass is 1550 g/mol. The largest absolute Gasteiger partial charge is 0.494 e. The molecule has 117 heavy (non-hydrogen) atoms. The van der Waals surface area contributed by atoms with Gasteiger partial charge in [0, 0.05) is 116 Å². The summed E-state index contributed by atoms with van der Waals surface area (Å²) >= 11 is 0. The van der Waals surface area contributed by atoms with E-state index in [1.54, 1.807) is 6.08 Å². The number of unbranched alkanes of at least 4 members (excludes halogenated alkanes) is 2. The minimum atomic E-state index is -0.285. The van der Waals surface area contributed by atoms with E-state index in [4.69, 9.17) is 18.9 Å². The Bertz CT molecular complexity index is 5770. The van der Waals surface area contributed by atoms with Gasteiger partial charge in [-0.2, -0.15) is 0 Å². The van der Waals surface area contributed by atoms with Crippen LogP contribution in [0.3, 0.4) is 0 Å². The van der Waals surface area contributed by atoms with Crippen molar-refractivity contribution >= 4 is 68.6 Å². The minimum absolute atomic E-state index is 0.0671. The lowest BCUT2D eigenvalue weighted by Gasteiger charge is -2.32. The average Bonchev–Trinajstić information content (AvgIpc) is 1.61. The van der Waals surface area contributed by atoms with E-state index < -0.39 is 0 Å². The topological polar surface area (TPSA) is 173 Å². The molecule has 12 nitrogen and oxygen atoms in total. The summed E-state index contributed by atoms with van der Waals surface area (Å²) in [5, 5.41) is 0. The molecule has 588 valence electrons. The minimum Gasteiger partial charge on any atom is -0.494 e. The zero-order valence-corrected chi connectivity index (χ0v) is 67.1. The first kappa shape index (κ1) is 77.5. The van der Waals surface area contributed by atoms with E-state index in [0.29, 0.717) is 45.5 Å². The third-order valence-electron chi connectivity index (χ3n) is 25.3. The molecule has 0 fully saturated rings. The molecule has 0 radical (unpaired) electrons. The normalized spacial score (nSPS) is 20.5. The van der Waals surface area contributed by atoms with Crippen molar-refractivity contribution < 1.29 is 57.3 Å². The van der Waals surface area contributed by atoms with E-state index in [9.17, 15) is 38.4 Å². The Kier molecular flexibility index (Phi) is 22.1. The molecule has 4 unspecified atom stereocenters. The third-order valence-corrected chi connectivity index (χ3v) is 25.3. The van der Waals surface area contributed by atoms with Gasteiger partial charge in [-0.1, -0.05) is 200 Å². The molecule has 0 aromatic heterocycles. The van der Waals surface area contributed by atoms with Gasteiger partial charge in [-0.05, 0) is 220 Å². The second-order valence-electron chi connectivity index (χ2n) is 32.7. The SMILES string of the molecule is C=CCOc1ccc(C2C3=C(CCCC3=O)CC3=C2C(=O)c2ccccc23)cc1.CC(C)Oc1ccc(C2C3=C(CCCC3=O)CC3=C2C(=O)c2ccccc23)cc1.CCCCCOc1ccc(C2C3=C(CCCC3=O)CC3=C2C(=O)c2ccccc23)cc1.CCOc1cccc(C2C3=C(CCCC3=O)CC3=C2C(=O)c2ccccc23)c1. The first-order valence-corrected chi connectivity index (χ1v) is 42.2. The molecule has 0 spiro atoms. The fourth-order valence-electron chi connectivity index (χ4n) is 20.3. The third kappa shape index (κ3) is 14.5. The number of hydrogen-bond acceptors (Lipinski definition) is 12. The number of rotatable bonds is 16. The summed E-state index contributed by atoms with van der Waals surface area (Å²) in [4.78, 5) is 106. The number of hydrogen-bond donors (Lipinski definition) is 0. The quantitative estimate of drug-likeness (QED) is 0.0663. The Morgan fingerprint density at radius 1 is 0.333 bits per heavy atom. The summed E-state index contributed by atoms with van der Waals surface area (Å²) in [5.74, 6) is 3.18. The highest BCUT2D eigenvalue weighted by Gasteiger charge is 2.48. The summed E-state index contributed by atoms with van der Waals surface area (Å²) in [5.41, 5.74) is 27.2. The molecule has 4 atom stereocenters. The summed E-state index contributed by atoms with van der Waals surface area (Å²) in [6.45, 7) is 13.5. The van der Waals surface area contributed by atoms with Crippen molar-refractivity contribution in [3.63, 3.8) is 0 Å². The number of carbonyl (C=O) groups excluding carboxylic acids is 8. The van der Waals surface area contributed by atoms with Gasteiger partial charge in [0.05, 0.1) is 19.3 Å². The van der Waals surface area contributed by atoms with Crippen molar-refractivity contribution in [3.8, 4) is 23.0 Å². The smallest absolute Gasteiger partial charge is 0.190 e. The van der Waals surface area contributed by atoms with E-state index >= 15 is 0 Å². The van der Waals surface area contributed by atoms with Crippen LogP contribution >= 0.6 is 0 Å². The van der Waals surface area contributed by atoms with Crippen LogP contribution in [0.15, 0.2) is 274 Å². The van der Waals surface area contributed by atoms with Crippen LogP contribution in [-0.2, 0) is 19.2 Å². The van der Waals surface area contributed by atoms with Gasteiger partial charge in [0.2, 0.25) is 0 Å². The number of allylic oxidation sites excluding steroid dienone is 16. The maximum absolute atomic E-state index is 13.4. The lowest BCUT2D eigenvalue weighted by molar-refractivity contribution is -0.117. The van der Waals surface area contributed by atoms with Gasteiger partial charge >= 0.3 is 0 Å². The first-order valence-electron chi connectivity index (χ1n) is 42.2. The fraction of sp³-hybridized carbons (Fsp3) is 0.295. The lowest BCUT2D eigenvalue weighted by Crippen LogP contribution is -2.25. The van der Waals surface area contributed by atoms with E-state index in [-0.39, 0.29) is 76.0 Å². The average molecular weight is 1550 g/mol. The molecular weight excluding hydrogens is 1450 g/mol. The lowest BCUT2D eigenvalue weighted by atomic mass is 9.69. The van der Waals surface area contributed by atoms with Crippen LogP contribution in [0.2, 0.25) is 0 Å². The second kappa shape index (κ2) is 33.3. The molecule has 8 aromatic rings. The van der Waals surface area contributed by atoms with Gasteiger partial charge < -0.3 is 18.9 Å². The maximum Gasteiger partial charge on any atom is 0.190 e. The number of benzene rings is 8. The standard InChI is InChI=1S/C28H28O3.C26H24O3.C26H22O3.C25H22O3/c1-2-3-6-16-31-20-14-12-18(13-15-20)26-25-19(8-7-11-24(25)29)17-23-21-9-4-5-10-22(21)28(30)27(23)26;1-15(2)29-18-12-10-16(11-13-18)24-23-17(6-5-9-22(23)27)14-21-19-7-3-4-8-20(19)26(28)25(21)24;1-2-14-29-18-12-10-16(11-13-18)24-23-17(6-5-9-22(23)27)15-21-19-7-3-4-8-20(19)26(28)25(21)24;1-2-28-17-9-5-7-15(13-17)23-22-16(8-6-12-21(22)26)14-20-18-10-3-4-11-19(18)25(27)24(20)23/h4-5,9-10,12-15,26H,2-3,6-8,11,16-17H2,1H3;3-4,7-8,10-13,15,24H,5-6,9,14H2,1-2H3;2-4,7-8,10-13,24H,1,5-6,9,14-15H2;3-5,7,9-11,13,23H,2,6,8,12,14H2,1H3. The fourth-order valence-corrected chi connectivity index (χ4v) is 20.3. The zero-order valence-electron chi connectivity index (χ0n) is 67.1. The van der Waals surface area contributed by atoms with Crippen LogP contribution in [0.4, 0.5) is 0 Å². The Morgan fingerprint density at radius 2 is 0.658 bits per heavy atom. The highest BCUT2D eigenvalue weighted by atomic mass is 16.5. The summed E-state index contributed by atoms with van der Waals surface area (Å²) < 4.78 is 23.0. The predicted molar refractivity (Wildman–Crippen MR) is 457 cm³/mol. The Balaban J connectivity index is 0.000000112. The van der Waals surface area contributed by atoms with Crippen molar-refractivity contribution in [2.75, 3.05) is 19.8 Å². The maximum atomic E-state index is 13.4. The highest BCUT2D eigenvalue weighted by molar-refractivity contribution is 6.27. The zero-order chi connectivity index (χ0) is 80.7. The van der Waals surface area contributed by atoms with Crippen molar-refractivity contribution in [2.45, 2.75) is 179 Å². The van der Waals surface area contributed by atoms with Gasteiger partial charge in [0.25, 0.3) is 0 Å². The Labute approximate surface area is 684 Å². The van der Waals surface area contributed by atoms with Crippen molar-refractivity contribution in [1.82, 2.24) is 0 Å². The highest BCUT2D eigenvalue weighted by Crippen LogP contribution is 2.58. The molecule has 12 aliphatic carbocycles. The Morgan fingerprint density at radius 3 is 0.983 bits per heavy atom. The Hall–Kier alpha value is -12.0. The van der Waals surface area contributed by atoms with Crippen LogP contribution in [0.25, 0.3) is 22.3 Å². The van der Waals surface area contributed by atoms with E-state index in [0.717, 1.165) is 240 Å². The second-order valence-corrected chi connectivity index (χ2v) is 32.7. The number of ether oxygens (including phenoxy) is 4. The molecule has 0 amide bonds. The number of ketones is 8. The number of Topliss-reactive ketones (excluding diaryl/α,β-unsaturated/α-hetero) is 8. The summed E-state index contributed by atoms with van der Waals surface area (Å²) in [7, 11) is 0. The van der Waals surface area contributed by atoms with E-state index in [1.807, 2.05) is 209 Å². The van der Waals surface area contributed by atoms with Gasteiger partial charge in [-0.15, -0.1) is 0 Å². The molecule has 0 saturated heterocycles. The molecule has 12 heteroatoms. The van der Waals surface area contributed by atoms with E-state index in [1.165, 1.54) is 35.1 Å². The van der Waals surface area contributed by atoms with Gasteiger partial charge in [0.1, 0.15) is 29.6 Å². The van der Waals surface area contributed by atoms with Gasteiger partial charge in [-0.25, -0.2) is 0 Å². The van der Waals surface area contributed by atoms with Gasteiger partial charge in [-0.3, -0.25) is 38.4 Å². The van der Waals surface area contributed by atoms with E-state index in [2.05, 4.69) is 19.6 Å². The first-order chi connectivity index (χ1) is 57.1. The van der Waals surface area contributed by atoms with Crippen LogP contribution in [0.5, 0.6) is 23.0 Å². The molecule has 0 saturated carbocycles. The van der Waals surface area contributed by atoms with Crippen LogP contribution in [-0.4, -0.2) is 72.2 Å². The van der Waals surface area contributed by atoms with Crippen LogP contribution < -0.4 is 18.9 Å². The van der Waals surface area contributed by atoms with Crippen molar-refractivity contribution in [2.24, 2.45) is 0 Å². The molecule has 0 aliphatic heterocycles. The molecule has 0 heterocycles. The molecule has 8 aromatic carbocycles. The van der Waals surface area contributed by atoms with Crippen LogP contribution in [0, 0.1) is 0 Å². The van der Waals surface area contributed by atoms with Gasteiger partial charge in [0.15, 0.2) is 46.3 Å². The number of fused-ring (bicyclic) bond motifs is 8. The van der Waals surface area contributed by atoms with Crippen LogP contribution in [0.1, 0.15) is 259 Å².